The molecule has 0 fully saturated rings. The van der Waals surface area contributed by atoms with E-state index < -0.39 is 27.2 Å². The van der Waals surface area contributed by atoms with Crippen molar-refractivity contribution in [1.82, 2.24) is 0 Å². The second kappa shape index (κ2) is 6.98. The van der Waals surface area contributed by atoms with Gasteiger partial charge in [0.2, 0.25) is 0 Å². The summed E-state index contributed by atoms with van der Waals surface area (Å²) >= 11 is 0. The molecule has 0 radical (unpaired) electrons. The number of methoxy groups -OCH3 is 1. The summed E-state index contributed by atoms with van der Waals surface area (Å²) in [6.07, 6.45) is 2.26. The minimum Gasteiger partial charge on any atom is -0.493 e. The molecule has 0 saturated carbocycles. The van der Waals surface area contributed by atoms with E-state index in [0.29, 0.717) is 0 Å². The van der Waals surface area contributed by atoms with Crippen LogP contribution in [0.1, 0.15) is 12.5 Å². The van der Waals surface area contributed by atoms with Crippen molar-refractivity contribution < 1.29 is 24.1 Å². The summed E-state index contributed by atoms with van der Waals surface area (Å²) in [5, 5.41) is 21.7. The van der Waals surface area contributed by atoms with Gasteiger partial charge in [-0.3, -0.25) is 20.2 Å². The molecular formula is C12H12N2O7. The van der Waals surface area contributed by atoms with Gasteiger partial charge in [-0.1, -0.05) is 0 Å². The fraction of sp³-hybridized carbons (Fsp3) is 0.250. The third kappa shape index (κ3) is 4.00. The Balaban J connectivity index is 3.43. The number of nitrogens with zero attached hydrogens (tertiary/aromatic N) is 2. The van der Waals surface area contributed by atoms with Gasteiger partial charge in [-0.2, -0.15) is 0 Å². The lowest BCUT2D eigenvalue weighted by Crippen LogP contribution is -2.01. The summed E-state index contributed by atoms with van der Waals surface area (Å²) in [7, 11) is 1.18. The molecule has 0 saturated heterocycles. The molecule has 9 heteroatoms. The first-order chi connectivity index (χ1) is 9.90. The van der Waals surface area contributed by atoms with Crippen molar-refractivity contribution in [3.8, 4) is 5.75 Å². The molecule has 21 heavy (non-hydrogen) atoms. The first kappa shape index (κ1) is 16.1. The number of nitro benzene ring substituents is 2. The Labute approximate surface area is 119 Å². The summed E-state index contributed by atoms with van der Waals surface area (Å²) in [6.45, 7) is 1.86. The number of hydrogen-bond acceptors (Lipinski definition) is 7. The van der Waals surface area contributed by atoms with E-state index in [9.17, 15) is 25.0 Å². The van der Waals surface area contributed by atoms with Gasteiger partial charge in [0.05, 0.1) is 29.6 Å². The van der Waals surface area contributed by atoms with E-state index in [-0.39, 0.29) is 17.9 Å². The normalized spacial score (nSPS) is 10.4. The Bertz CT molecular complexity index is 610. The number of hydrogen-bond donors (Lipinski definition) is 0. The molecule has 9 nitrogen and oxygen atoms in total. The van der Waals surface area contributed by atoms with Crippen LogP contribution in [0.4, 0.5) is 11.4 Å². The minimum atomic E-state index is -0.872. The van der Waals surface area contributed by atoms with Crippen molar-refractivity contribution in [3.63, 3.8) is 0 Å². The molecule has 0 atom stereocenters. The number of benzene rings is 1. The quantitative estimate of drug-likeness (QED) is 0.341. The monoisotopic (exact) mass is 296 g/mol. The summed E-state index contributed by atoms with van der Waals surface area (Å²) in [4.78, 5) is 31.1. The number of carbonyl (C=O) groups is 1. The first-order valence-electron chi connectivity index (χ1n) is 5.76. The van der Waals surface area contributed by atoms with Crippen LogP contribution in [0.15, 0.2) is 18.2 Å². The summed E-state index contributed by atoms with van der Waals surface area (Å²) < 4.78 is 9.60. The molecule has 0 aliphatic heterocycles. The molecule has 0 N–H and O–H groups in total. The lowest BCUT2D eigenvalue weighted by molar-refractivity contribution is -0.422. The Kier molecular flexibility index (Phi) is 5.35. The molecule has 1 aromatic rings. The average molecular weight is 296 g/mol. The van der Waals surface area contributed by atoms with Gasteiger partial charge in [-0.15, -0.1) is 0 Å². The second-order valence-corrected chi connectivity index (χ2v) is 3.68. The van der Waals surface area contributed by atoms with Crippen molar-refractivity contribution in [3.05, 3.63) is 44.0 Å². The first-order valence-corrected chi connectivity index (χ1v) is 5.76. The summed E-state index contributed by atoms with van der Waals surface area (Å²) in [5.41, 5.74) is -1.20. The number of rotatable bonds is 6. The van der Waals surface area contributed by atoms with Gasteiger partial charge >= 0.3 is 17.3 Å². The molecule has 0 heterocycles. The molecule has 112 valence electrons. The Hall–Kier alpha value is -2.97. The SMILES string of the molecule is CCOc1cc([N+](=O)[O-])c([N+](=O)[O-])cc1C=CC(=O)OC. The van der Waals surface area contributed by atoms with E-state index in [4.69, 9.17) is 4.74 Å². The highest BCUT2D eigenvalue weighted by Crippen LogP contribution is 2.35. The van der Waals surface area contributed by atoms with Crippen LogP contribution in [0.2, 0.25) is 0 Å². The van der Waals surface area contributed by atoms with E-state index in [1.807, 2.05) is 0 Å². The number of ether oxygens (including phenoxy) is 2. The van der Waals surface area contributed by atoms with Gasteiger partial charge in [-0.25, -0.2) is 4.79 Å². The largest absolute Gasteiger partial charge is 0.493 e. The third-order valence-corrected chi connectivity index (χ3v) is 2.40. The van der Waals surface area contributed by atoms with Gasteiger partial charge < -0.3 is 9.47 Å². The van der Waals surface area contributed by atoms with Gasteiger partial charge in [0.1, 0.15) is 5.75 Å². The third-order valence-electron chi connectivity index (χ3n) is 2.40. The zero-order valence-electron chi connectivity index (χ0n) is 11.3. The number of nitro groups is 2. The van der Waals surface area contributed by atoms with Crippen LogP contribution < -0.4 is 4.74 Å². The topological polar surface area (TPSA) is 122 Å². The second-order valence-electron chi connectivity index (χ2n) is 3.68. The maximum absolute atomic E-state index is 11.1. The van der Waals surface area contributed by atoms with Crippen LogP contribution in [0, 0.1) is 20.2 Å². The predicted molar refractivity (Wildman–Crippen MR) is 72.0 cm³/mol. The Morgan fingerprint density at radius 2 is 1.81 bits per heavy atom. The van der Waals surface area contributed by atoms with Crippen LogP contribution in [0.3, 0.4) is 0 Å². The lowest BCUT2D eigenvalue weighted by atomic mass is 10.1. The molecule has 0 aromatic heterocycles. The van der Waals surface area contributed by atoms with Gasteiger partial charge in [0.25, 0.3) is 0 Å². The van der Waals surface area contributed by atoms with Crippen LogP contribution >= 0.6 is 0 Å². The van der Waals surface area contributed by atoms with Crippen molar-refractivity contribution in [2.45, 2.75) is 6.92 Å². The van der Waals surface area contributed by atoms with Crippen LogP contribution in [0.5, 0.6) is 5.75 Å². The van der Waals surface area contributed by atoms with Crippen LogP contribution in [0.25, 0.3) is 6.08 Å². The minimum absolute atomic E-state index is 0.0648. The van der Waals surface area contributed by atoms with Crippen LogP contribution in [-0.4, -0.2) is 29.5 Å². The average Bonchev–Trinajstić information content (AvgIpc) is 2.44. The van der Waals surface area contributed by atoms with Gasteiger partial charge in [0, 0.05) is 17.7 Å². The molecule has 0 bridgehead atoms. The van der Waals surface area contributed by atoms with E-state index in [2.05, 4.69) is 4.74 Å². The van der Waals surface area contributed by atoms with Crippen LogP contribution in [-0.2, 0) is 9.53 Å². The fourth-order valence-corrected chi connectivity index (χ4v) is 1.50. The molecule has 1 aromatic carbocycles. The molecule has 0 unspecified atom stereocenters. The highest BCUT2D eigenvalue weighted by Gasteiger charge is 2.26. The van der Waals surface area contributed by atoms with Gasteiger partial charge in [0.15, 0.2) is 0 Å². The van der Waals surface area contributed by atoms with E-state index >= 15 is 0 Å². The maximum atomic E-state index is 11.1. The standard InChI is InChI=1S/C12H12N2O7/c1-3-21-11-7-10(14(18)19)9(13(16)17)6-8(11)4-5-12(15)20-2/h4-7H,3H2,1-2H3. The molecular weight excluding hydrogens is 284 g/mol. The van der Waals surface area contributed by atoms with Crippen molar-refractivity contribution in [1.29, 1.82) is 0 Å². The predicted octanol–water partition coefficient (Wildman–Crippen LogP) is 2.09. The number of carbonyl (C=O) groups excluding carboxylic acids is 1. The fourth-order valence-electron chi connectivity index (χ4n) is 1.50. The summed E-state index contributed by atoms with van der Waals surface area (Å²) in [5.74, 6) is -0.603. The molecule has 0 aliphatic carbocycles. The Morgan fingerprint density at radius 1 is 1.24 bits per heavy atom. The van der Waals surface area contributed by atoms with Gasteiger partial charge in [-0.05, 0) is 13.0 Å². The van der Waals surface area contributed by atoms with Crippen molar-refractivity contribution in [2.75, 3.05) is 13.7 Å². The van der Waals surface area contributed by atoms with E-state index in [1.165, 1.54) is 13.2 Å². The zero-order valence-corrected chi connectivity index (χ0v) is 11.3. The van der Waals surface area contributed by atoms with E-state index in [0.717, 1.165) is 18.2 Å². The molecule has 1 rings (SSSR count). The molecule has 0 aliphatic rings. The Morgan fingerprint density at radius 3 is 2.29 bits per heavy atom. The zero-order chi connectivity index (χ0) is 16.0. The molecule has 0 spiro atoms. The van der Waals surface area contributed by atoms with Crippen molar-refractivity contribution >= 4 is 23.4 Å². The van der Waals surface area contributed by atoms with E-state index in [1.54, 1.807) is 6.92 Å². The highest BCUT2D eigenvalue weighted by atomic mass is 16.6. The number of esters is 1. The summed E-state index contributed by atoms with van der Waals surface area (Å²) in [6, 6.07) is 1.93. The van der Waals surface area contributed by atoms with Crippen molar-refractivity contribution in [2.24, 2.45) is 0 Å². The molecule has 0 amide bonds. The smallest absolute Gasteiger partial charge is 0.349 e. The lowest BCUT2D eigenvalue weighted by Gasteiger charge is -2.07. The maximum Gasteiger partial charge on any atom is 0.349 e. The highest BCUT2D eigenvalue weighted by molar-refractivity contribution is 5.88.